The number of aliphatic hydroxyl groups excluding tert-OH is 1. The van der Waals surface area contributed by atoms with E-state index in [9.17, 15) is 29.5 Å². The van der Waals surface area contributed by atoms with E-state index < -0.39 is 188 Å². The molecule has 59 heteroatoms. The fourth-order valence-electron chi connectivity index (χ4n) is 14.9. The summed E-state index contributed by atoms with van der Waals surface area (Å²) in [5.41, 5.74) is 27.6. The van der Waals surface area contributed by atoms with Crippen molar-refractivity contribution in [2.24, 2.45) is 0 Å². The number of anilines is 5. The second-order valence-corrected chi connectivity index (χ2v) is 40.5. The molecule has 7 aliphatic rings. The van der Waals surface area contributed by atoms with Gasteiger partial charge in [-0.2, -0.15) is 4.98 Å². The molecule has 0 radical (unpaired) electrons. The van der Waals surface area contributed by atoms with E-state index in [0.29, 0.717) is 0 Å². The van der Waals surface area contributed by atoms with Gasteiger partial charge in [0.15, 0.2) is 76.3 Å². The summed E-state index contributed by atoms with van der Waals surface area (Å²) in [6.07, 6.45) is -10.1. The highest BCUT2D eigenvalue weighted by molar-refractivity contribution is 8.32. The van der Waals surface area contributed by atoms with Crippen LogP contribution in [0.3, 0.4) is 0 Å². The van der Waals surface area contributed by atoms with Crippen LogP contribution in [0.2, 0.25) is 0 Å². The van der Waals surface area contributed by atoms with E-state index in [1.54, 1.807) is 13.8 Å². The lowest BCUT2D eigenvalue weighted by atomic mass is 9.94. The Balaban J connectivity index is 0.617. The van der Waals surface area contributed by atoms with E-state index in [1.807, 2.05) is 0 Å². The number of fused-ring (bicyclic) bond motifs is 9. The highest BCUT2D eigenvalue weighted by Crippen LogP contribution is 2.62. The van der Waals surface area contributed by atoms with E-state index >= 15 is 4.57 Å². The molecule has 7 aliphatic heterocycles. The molecule has 17 rings (SSSR count). The van der Waals surface area contributed by atoms with Crippen molar-refractivity contribution in [2.75, 3.05) is 68.8 Å². The predicted octanol–water partition coefficient (Wildman–Crippen LogP) is -2.01. The molecule has 17 heterocycles. The summed E-state index contributed by atoms with van der Waals surface area (Å²) < 4.78 is 127. The molecule has 49 nitrogen and oxygen atoms in total. The molecule has 12 N–H and O–H groups in total. The third-order valence-corrected chi connectivity index (χ3v) is 28.2. The van der Waals surface area contributed by atoms with Crippen molar-refractivity contribution < 1.29 is 108 Å². The molecule has 10 aromatic rings. The number of hydrogen-bond donors (Lipinski definition) is 7. The van der Waals surface area contributed by atoms with Crippen LogP contribution in [-0.2, 0) is 142 Å². The average Bonchev–Trinajstić information content (AvgIpc) is 1.55. The van der Waals surface area contributed by atoms with Gasteiger partial charge in [0.05, 0.1) is 95.2 Å². The van der Waals surface area contributed by atoms with Crippen LogP contribution in [0.15, 0.2) is 61.7 Å². The number of hydrogen-bond acceptors (Lipinski definition) is 48. The van der Waals surface area contributed by atoms with Crippen molar-refractivity contribution in [1.82, 2.24) is 97.6 Å². The van der Waals surface area contributed by atoms with Crippen molar-refractivity contribution in [3.63, 3.8) is 0 Å². The Kier molecular flexibility index (Phi) is 21.3. The molecule has 7 fully saturated rings. The van der Waals surface area contributed by atoms with E-state index in [0.717, 1.165) is 7.11 Å². The zero-order valence-corrected chi connectivity index (χ0v) is 67.2. The molecular weight excluding hydrogens is 1710 g/mol. The number of nitrogens with zero attached hydrogens (tertiary/aromatic N) is 19. The number of aliphatic hydroxyl groups is 1. The Morgan fingerprint density at radius 1 is 0.509 bits per heavy atom. The minimum atomic E-state index is -4.96. The lowest BCUT2D eigenvalue weighted by Gasteiger charge is -2.41. The van der Waals surface area contributed by atoms with Crippen LogP contribution in [0.5, 0.6) is 0 Å². The number of nitrogens with one attached hydrogen (secondary N) is 1. The first-order valence-electron chi connectivity index (χ1n) is 34.0. The molecular formula is C55H63N25O24P5S5-5. The molecule has 0 aromatic carbocycles. The lowest BCUT2D eigenvalue weighted by molar-refractivity contribution is -0.239. The molecule has 24 atom stereocenters. The molecule has 7 unspecified atom stereocenters. The standard InChI is InChI=1S/C55H68N25O24P5S5/c1-21-54(10-81)39(37(93-21)51(98-54)79-19-71-34-43(58)63-14-67-47(34)79)103-109(87,114)92-11-55-22(2)94-38(52(99-55)80-20-72-35-44(59)64-15-68-48(35)80)40(55)104-108(86,113)91-9-28-24(5-30(96-28)77-17-70-33-42(57)62-13-66-46(33)77)101-107(85,112)90-8-27-25(6-31(97-27)78-18-73-36-49(78)74-53(60)75-50(36)82)102-106(84,111)89-7-26-23(100-105(83,110)88-3)4-29(95-26)76-16-69-32-41(56)61-12-65-45(32)76/h12-31,37-40,51-52,81H,4-11H2,1-3H3,(H,83,110)(H,84,111)(H,85,112)(H,86,113)(H,87,114)(H2,56,61,65)(H2,57,62,66)(H2,58,63,67)(H2,59,64,68)(H3,60,74,75,82)/p-5/t21-,22-,23+,24+,25+,26+,27+,28+,29+,30+,31+,37?,38?,39+,40+,51+,52+,54-,55-,105?,106?,107?,108?,109?/m0/s1. The van der Waals surface area contributed by atoms with Crippen LogP contribution < -0.4 is 53.8 Å². The number of aromatic amines is 1. The number of rotatable bonds is 29. The number of aromatic nitrogens is 20. The van der Waals surface area contributed by atoms with E-state index in [2.05, 4.69) is 74.8 Å². The van der Waals surface area contributed by atoms with Crippen molar-refractivity contribution in [3.05, 3.63) is 67.3 Å². The second kappa shape index (κ2) is 30.3. The average molecular weight is 1770 g/mol. The highest BCUT2D eigenvalue weighted by atomic mass is 32.7. The number of nitrogen functional groups attached to an aromatic ring is 5. The molecule has 0 saturated carbocycles. The maximum Gasteiger partial charge on any atom is 0.280 e. The number of nitrogens with two attached hydrogens (primary N) is 5. The van der Waals surface area contributed by atoms with E-state index in [-0.39, 0.29) is 104 Å². The molecule has 7 saturated heterocycles. The highest BCUT2D eigenvalue weighted by Gasteiger charge is 2.70. The van der Waals surface area contributed by atoms with Crippen LogP contribution in [-0.4, -0.2) is 227 Å². The minimum absolute atomic E-state index is 0.00922. The molecule has 0 amide bonds. The SMILES string of the molecule is COP([O-])(=S)O[C@@H]1C[C@H](n2cnc3c(N)ncnc32)O[C@@H]1COP([O-])(=S)O[C@@H]1C[C@H](n2cnc3c(=O)[nH]c(N)nc32)O[C@@H]1COP([O-])(=S)O[C@@H]1C[C@H](n2cnc3c(N)ncnc32)O[C@@H]1COP(=O)([S-])O[C@@H]1C2O[C@@H](C)[C@]1(COP([O-])(=S)O[C@@H]1C3O[C@@H](C)[C@]1(CO)O[C@H]3n1cnc3c(N)ncnc31)O[C@H]2n1cnc2c(N)ncnc21. The third kappa shape index (κ3) is 14.8. The molecule has 10 aromatic heterocycles. The Labute approximate surface area is 664 Å². The van der Waals surface area contributed by atoms with E-state index in [1.165, 1.54) is 79.8 Å². The quantitative estimate of drug-likeness (QED) is 0.0197. The minimum Gasteiger partial charge on any atom is -0.780 e. The summed E-state index contributed by atoms with van der Waals surface area (Å²) in [4.78, 5) is 132. The van der Waals surface area contributed by atoms with Gasteiger partial charge in [-0.25, -0.2) is 64.8 Å². The van der Waals surface area contributed by atoms with Crippen LogP contribution in [0.1, 0.15) is 64.2 Å². The first-order valence-corrected chi connectivity index (χ1v) is 46.8. The summed E-state index contributed by atoms with van der Waals surface area (Å²) in [7, 11) is 1.09. The maximum atomic E-state index is 15.2. The van der Waals surface area contributed by atoms with Gasteiger partial charge in [-0.3, -0.25) is 37.2 Å². The Hall–Kier alpha value is -6.15. The zero-order valence-electron chi connectivity index (χ0n) is 58.7. The molecule has 4 bridgehead atoms. The van der Waals surface area contributed by atoms with Gasteiger partial charge in [0.25, 0.3) is 5.56 Å². The molecule has 114 heavy (non-hydrogen) atoms. The lowest BCUT2D eigenvalue weighted by Crippen LogP contribution is -2.51. The Morgan fingerprint density at radius 2 is 0.877 bits per heavy atom. The van der Waals surface area contributed by atoms with Crippen molar-refractivity contribution in [2.45, 2.75) is 149 Å². The predicted molar refractivity (Wildman–Crippen MR) is 396 cm³/mol. The largest absolute Gasteiger partial charge is 0.780 e. The Morgan fingerprint density at radius 3 is 1.32 bits per heavy atom. The van der Waals surface area contributed by atoms with Gasteiger partial charge >= 0.3 is 0 Å². The summed E-state index contributed by atoms with van der Waals surface area (Å²) in [6, 6.07) is 0. The van der Waals surface area contributed by atoms with Crippen LogP contribution in [0.25, 0.3) is 55.8 Å². The molecule has 0 spiro atoms. The molecule has 612 valence electrons. The van der Waals surface area contributed by atoms with Crippen molar-refractivity contribution >= 4 is 178 Å². The van der Waals surface area contributed by atoms with Crippen LogP contribution >= 0.6 is 33.7 Å². The molecule has 0 aliphatic carbocycles. The zero-order chi connectivity index (χ0) is 80.1. The maximum absolute atomic E-state index is 15.2. The number of ether oxygens (including phenoxy) is 7. The summed E-state index contributed by atoms with van der Waals surface area (Å²) >= 11 is 27.5. The van der Waals surface area contributed by atoms with Gasteiger partial charge in [0, 0.05) is 26.4 Å². The first kappa shape index (κ1) is 80.3. The van der Waals surface area contributed by atoms with Gasteiger partial charge in [0.1, 0.15) is 147 Å². The van der Waals surface area contributed by atoms with Gasteiger partial charge in [-0.05, 0) is 13.8 Å². The summed E-state index contributed by atoms with van der Waals surface area (Å²) in [6.45, 7) is -24.1. The van der Waals surface area contributed by atoms with Crippen molar-refractivity contribution in [1.29, 1.82) is 0 Å². The number of H-pyrrole nitrogens is 1. The van der Waals surface area contributed by atoms with Gasteiger partial charge in [0.2, 0.25) is 5.95 Å². The van der Waals surface area contributed by atoms with Crippen molar-refractivity contribution in [3.8, 4) is 0 Å². The second-order valence-electron chi connectivity index (χ2n) is 26.8. The van der Waals surface area contributed by atoms with Crippen LogP contribution in [0, 0.1) is 0 Å². The summed E-state index contributed by atoms with van der Waals surface area (Å²) in [5, 5.41) is 11.0. The van der Waals surface area contributed by atoms with Gasteiger partial charge in [-0.15, -0.1) is 0 Å². The van der Waals surface area contributed by atoms with Gasteiger partial charge in [-0.1, -0.05) is 47.2 Å². The fourth-order valence-corrected chi connectivity index (χ4v) is 21.6. The van der Waals surface area contributed by atoms with Gasteiger partial charge < -0.3 is 144 Å². The fraction of sp³-hybridized carbons (Fsp3) is 0.545. The topological polar surface area (TPSA) is 655 Å². The number of imidazole rings is 5. The first-order chi connectivity index (χ1) is 54.2. The van der Waals surface area contributed by atoms with E-state index in [4.69, 9.17) is 167 Å². The van der Waals surface area contributed by atoms with Crippen LogP contribution in [0.4, 0.5) is 29.2 Å². The normalized spacial score (nSPS) is 32.8. The monoisotopic (exact) mass is 1770 g/mol. The third-order valence-electron chi connectivity index (χ3n) is 20.3. The summed E-state index contributed by atoms with van der Waals surface area (Å²) in [5.74, 6) is -0.103. The Bertz CT molecular complexity index is 5730. The smallest absolute Gasteiger partial charge is 0.280 e.